The van der Waals surface area contributed by atoms with Gasteiger partial charge >= 0.3 is 0 Å². The number of carbonyl (C=O) groups is 2. The molecule has 0 aliphatic rings. The van der Waals surface area contributed by atoms with E-state index in [1.54, 1.807) is 36.4 Å². The van der Waals surface area contributed by atoms with Crippen LogP contribution in [0.2, 0.25) is 5.02 Å². The van der Waals surface area contributed by atoms with Gasteiger partial charge in [0.05, 0.1) is 17.5 Å². The average Bonchev–Trinajstić information content (AvgIpc) is 3.13. The zero-order chi connectivity index (χ0) is 20.3. The van der Waals surface area contributed by atoms with Gasteiger partial charge in [0, 0.05) is 27.4 Å². The van der Waals surface area contributed by atoms with Crippen LogP contribution in [0.25, 0.3) is 11.3 Å². The third kappa shape index (κ3) is 4.58. The summed E-state index contributed by atoms with van der Waals surface area (Å²) in [4.78, 5) is 24.7. The van der Waals surface area contributed by atoms with E-state index in [-0.39, 0.29) is 11.8 Å². The Morgan fingerprint density at radius 3 is 2.07 bits per heavy atom. The van der Waals surface area contributed by atoms with Crippen LogP contribution in [0, 0.1) is 5.41 Å². The van der Waals surface area contributed by atoms with Crippen molar-refractivity contribution >= 4 is 34.8 Å². The number of aromatic nitrogens is 2. The van der Waals surface area contributed by atoms with Gasteiger partial charge in [-0.3, -0.25) is 14.7 Å². The van der Waals surface area contributed by atoms with Gasteiger partial charge in [0.2, 0.25) is 5.91 Å². The summed E-state index contributed by atoms with van der Waals surface area (Å²) in [5, 5.41) is 13.1. The van der Waals surface area contributed by atoms with Crippen LogP contribution in [-0.2, 0) is 4.79 Å². The molecule has 2 amide bonds. The van der Waals surface area contributed by atoms with E-state index < -0.39 is 5.41 Å². The van der Waals surface area contributed by atoms with Gasteiger partial charge in [-0.2, -0.15) is 5.10 Å². The van der Waals surface area contributed by atoms with Gasteiger partial charge in [-0.25, -0.2) is 0 Å². The number of aromatic amines is 1. The molecule has 3 rings (SSSR count). The molecule has 0 bridgehead atoms. The lowest BCUT2D eigenvalue weighted by Gasteiger charge is -2.17. The molecule has 1 aromatic heterocycles. The van der Waals surface area contributed by atoms with Crippen LogP contribution in [0.5, 0.6) is 0 Å². The first-order chi connectivity index (χ1) is 13.2. The molecule has 0 unspecified atom stereocenters. The van der Waals surface area contributed by atoms with Crippen molar-refractivity contribution in [3.8, 4) is 11.3 Å². The summed E-state index contributed by atoms with van der Waals surface area (Å²) in [7, 11) is 0. The number of rotatable bonds is 4. The summed E-state index contributed by atoms with van der Waals surface area (Å²) in [6.45, 7) is 5.54. The van der Waals surface area contributed by atoms with Crippen LogP contribution in [0.15, 0.2) is 54.7 Å². The Labute approximate surface area is 168 Å². The van der Waals surface area contributed by atoms with Crippen LogP contribution in [-0.4, -0.2) is 22.0 Å². The summed E-state index contributed by atoms with van der Waals surface area (Å²) in [6, 6.07) is 14.1. The number of nitrogens with zero attached hydrogens (tertiary/aromatic N) is 1. The molecule has 28 heavy (non-hydrogen) atoms. The molecule has 0 saturated heterocycles. The molecule has 3 aromatic rings. The number of hydrogen-bond donors (Lipinski definition) is 3. The fourth-order valence-corrected chi connectivity index (χ4v) is 2.57. The van der Waals surface area contributed by atoms with E-state index in [4.69, 9.17) is 11.6 Å². The molecule has 1 heterocycles. The Balaban J connectivity index is 1.71. The van der Waals surface area contributed by atoms with E-state index >= 15 is 0 Å². The molecular formula is C21H21ClN4O2. The quantitative estimate of drug-likeness (QED) is 0.582. The molecule has 0 spiro atoms. The second-order valence-electron chi connectivity index (χ2n) is 7.40. The lowest BCUT2D eigenvalue weighted by molar-refractivity contribution is -0.123. The Hall–Kier alpha value is -3.12. The summed E-state index contributed by atoms with van der Waals surface area (Å²) in [6.07, 6.45) is 1.48. The van der Waals surface area contributed by atoms with Crippen molar-refractivity contribution in [1.29, 1.82) is 0 Å². The van der Waals surface area contributed by atoms with E-state index in [2.05, 4.69) is 20.8 Å². The Morgan fingerprint density at radius 2 is 1.50 bits per heavy atom. The number of H-pyrrole nitrogens is 1. The number of benzene rings is 2. The maximum Gasteiger partial charge on any atom is 0.259 e. The average molecular weight is 397 g/mol. The van der Waals surface area contributed by atoms with Crippen LogP contribution >= 0.6 is 11.6 Å². The largest absolute Gasteiger partial charge is 0.326 e. The Bertz CT molecular complexity index is 986. The molecule has 3 N–H and O–H groups in total. The molecule has 0 radical (unpaired) electrons. The number of nitrogens with one attached hydrogen (secondary N) is 3. The fourth-order valence-electron chi connectivity index (χ4n) is 2.45. The highest BCUT2D eigenvalue weighted by atomic mass is 35.5. The van der Waals surface area contributed by atoms with Gasteiger partial charge in [-0.1, -0.05) is 44.5 Å². The first-order valence-electron chi connectivity index (χ1n) is 8.76. The minimum absolute atomic E-state index is 0.0738. The SMILES string of the molecule is CC(C)(C)C(=O)Nc1ccc(NC(=O)c2cn[nH]c2-c2ccc(Cl)cc2)cc1. The molecule has 2 aromatic carbocycles. The minimum Gasteiger partial charge on any atom is -0.326 e. The van der Waals surface area contributed by atoms with Crippen molar-refractivity contribution in [2.75, 3.05) is 10.6 Å². The third-order valence-corrected chi connectivity index (χ3v) is 4.35. The third-order valence-electron chi connectivity index (χ3n) is 4.10. The lowest BCUT2D eigenvalue weighted by Crippen LogP contribution is -2.27. The molecule has 144 valence electrons. The maximum absolute atomic E-state index is 12.7. The van der Waals surface area contributed by atoms with E-state index in [9.17, 15) is 9.59 Å². The van der Waals surface area contributed by atoms with E-state index in [0.29, 0.717) is 27.7 Å². The zero-order valence-electron chi connectivity index (χ0n) is 15.8. The van der Waals surface area contributed by atoms with Gasteiger partial charge in [-0.15, -0.1) is 0 Å². The van der Waals surface area contributed by atoms with Gasteiger partial charge in [0.1, 0.15) is 0 Å². The number of hydrogen-bond acceptors (Lipinski definition) is 3. The molecular weight excluding hydrogens is 376 g/mol. The molecule has 7 heteroatoms. The van der Waals surface area contributed by atoms with Crippen molar-refractivity contribution in [3.05, 3.63) is 65.3 Å². The van der Waals surface area contributed by atoms with Gasteiger partial charge in [-0.05, 0) is 36.4 Å². The van der Waals surface area contributed by atoms with Crippen molar-refractivity contribution in [2.45, 2.75) is 20.8 Å². The lowest BCUT2D eigenvalue weighted by atomic mass is 9.95. The molecule has 0 aliphatic carbocycles. The number of carbonyl (C=O) groups excluding carboxylic acids is 2. The van der Waals surface area contributed by atoms with Crippen LogP contribution in [0.3, 0.4) is 0 Å². The molecule has 0 saturated carbocycles. The van der Waals surface area contributed by atoms with E-state index in [0.717, 1.165) is 5.56 Å². The highest BCUT2D eigenvalue weighted by Gasteiger charge is 2.21. The summed E-state index contributed by atoms with van der Waals surface area (Å²) >= 11 is 5.92. The van der Waals surface area contributed by atoms with Gasteiger partial charge in [0.15, 0.2) is 0 Å². The highest BCUT2D eigenvalue weighted by Crippen LogP contribution is 2.24. The highest BCUT2D eigenvalue weighted by molar-refractivity contribution is 6.30. The number of halogens is 1. The zero-order valence-corrected chi connectivity index (χ0v) is 16.6. The molecule has 0 aliphatic heterocycles. The monoisotopic (exact) mass is 396 g/mol. The van der Waals surface area contributed by atoms with Crippen LogP contribution in [0.1, 0.15) is 31.1 Å². The normalized spacial score (nSPS) is 11.1. The second-order valence-corrected chi connectivity index (χ2v) is 7.84. The second kappa shape index (κ2) is 7.86. The predicted octanol–water partition coefficient (Wildman–Crippen LogP) is 4.97. The molecule has 0 fully saturated rings. The van der Waals surface area contributed by atoms with Crippen molar-refractivity contribution in [3.63, 3.8) is 0 Å². The molecule has 0 atom stereocenters. The summed E-state index contributed by atoms with van der Waals surface area (Å²) in [5.41, 5.74) is 2.65. The predicted molar refractivity (Wildman–Crippen MR) is 112 cm³/mol. The standard InChI is InChI=1S/C21H21ClN4O2/c1-21(2,3)20(28)25-16-10-8-15(9-11-16)24-19(27)17-12-23-26-18(17)13-4-6-14(22)7-5-13/h4-12H,1-3H3,(H,23,26)(H,24,27)(H,25,28). The van der Waals surface area contributed by atoms with E-state index in [1.165, 1.54) is 6.20 Å². The van der Waals surface area contributed by atoms with Crippen molar-refractivity contribution in [1.82, 2.24) is 10.2 Å². The first-order valence-corrected chi connectivity index (χ1v) is 9.14. The molecule has 6 nitrogen and oxygen atoms in total. The Morgan fingerprint density at radius 1 is 0.929 bits per heavy atom. The van der Waals surface area contributed by atoms with Crippen molar-refractivity contribution in [2.24, 2.45) is 5.41 Å². The summed E-state index contributed by atoms with van der Waals surface area (Å²) < 4.78 is 0. The fraction of sp³-hybridized carbons (Fsp3) is 0.190. The van der Waals surface area contributed by atoms with Gasteiger partial charge in [0.25, 0.3) is 5.91 Å². The topological polar surface area (TPSA) is 86.9 Å². The number of anilines is 2. The minimum atomic E-state index is -0.480. The van der Waals surface area contributed by atoms with Crippen LogP contribution < -0.4 is 10.6 Å². The summed E-state index contributed by atoms with van der Waals surface area (Å²) in [5.74, 6) is -0.361. The van der Waals surface area contributed by atoms with E-state index in [1.807, 2.05) is 32.9 Å². The van der Waals surface area contributed by atoms with Crippen LogP contribution in [0.4, 0.5) is 11.4 Å². The number of amides is 2. The van der Waals surface area contributed by atoms with Crippen molar-refractivity contribution < 1.29 is 9.59 Å². The first kappa shape index (κ1) is 19.6. The van der Waals surface area contributed by atoms with Gasteiger partial charge < -0.3 is 10.6 Å². The Kier molecular flexibility index (Phi) is 5.51. The smallest absolute Gasteiger partial charge is 0.259 e. The maximum atomic E-state index is 12.7.